The van der Waals surface area contributed by atoms with Crippen LogP contribution in [0.2, 0.25) is 0 Å². The zero-order valence-electron chi connectivity index (χ0n) is 20.7. The van der Waals surface area contributed by atoms with Crippen LogP contribution in [0, 0.1) is 0 Å². The summed E-state index contributed by atoms with van der Waals surface area (Å²) in [4.78, 5) is 17.9. The Kier molecular flexibility index (Phi) is 7.52. The molecule has 2 saturated heterocycles. The lowest BCUT2D eigenvalue weighted by atomic mass is 9.99. The van der Waals surface area contributed by atoms with Crippen molar-refractivity contribution in [3.8, 4) is 5.75 Å². The first-order valence-corrected chi connectivity index (χ1v) is 13.1. The standard InChI is InChI=1S/C28H37N5O2/c1-35-24-14-10-22(11-15-24)26-20-25(30-31-26)21-8-12-23(13-9-21)29-27(32-16-4-2-5-17-32)28(34)33-18-6-3-7-19-33/h8-15,26-27,29,31H,2-7,16-20H2,1H3/t26-,27?/m0/s1. The number of likely N-dealkylation sites (tertiary alicyclic amines) is 2. The second-order valence-corrected chi connectivity index (χ2v) is 9.82. The zero-order chi connectivity index (χ0) is 24.0. The minimum Gasteiger partial charge on any atom is -0.497 e. The van der Waals surface area contributed by atoms with E-state index in [-0.39, 0.29) is 18.1 Å². The number of nitrogens with zero attached hydrogens (tertiary/aromatic N) is 3. The first-order valence-electron chi connectivity index (χ1n) is 13.1. The third-order valence-corrected chi connectivity index (χ3v) is 7.45. The molecule has 0 aromatic heterocycles. The number of hydrogen-bond acceptors (Lipinski definition) is 6. The van der Waals surface area contributed by atoms with E-state index in [2.05, 4.69) is 62.0 Å². The van der Waals surface area contributed by atoms with E-state index in [0.29, 0.717) is 0 Å². The third-order valence-electron chi connectivity index (χ3n) is 7.45. The van der Waals surface area contributed by atoms with E-state index in [4.69, 9.17) is 4.74 Å². The number of amides is 1. The highest BCUT2D eigenvalue weighted by Crippen LogP contribution is 2.27. The number of carbonyl (C=O) groups excluding carboxylic acids is 1. The van der Waals surface area contributed by atoms with Crippen molar-refractivity contribution in [2.45, 2.75) is 57.2 Å². The minimum absolute atomic E-state index is 0.166. The Balaban J connectivity index is 1.24. The monoisotopic (exact) mass is 475 g/mol. The predicted molar refractivity (Wildman–Crippen MR) is 140 cm³/mol. The molecule has 5 rings (SSSR count). The summed E-state index contributed by atoms with van der Waals surface area (Å²) in [5.41, 5.74) is 7.61. The Morgan fingerprint density at radius 3 is 2.26 bits per heavy atom. The van der Waals surface area contributed by atoms with Crippen molar-refractivity contribution < 1.29 is 9.53 Å². The summed E-state index contributed by atoms with van der Waals surface area (Å²) in [6.07, 6.45) is 7.57. The molecule has 2 aromatic rings. The maximum atomic E-state index is 13.5. The van der Waals surface area contributed by atoms with E-state index < -0.39 is 0 Å². The van der Waals surface area contributed by atoms with Crippen LogP contribution in [0.3, 0.4) is 0 Å². The van der Waals surface area contributed by atoms with E-state index >= 15 is 0 Å². The maximum Gasteiger partial charge on any atom is 0.260 e. The first kappa shape index (κ1) is 23.7. The van der Waals surface area contributed by atoms with Gasteiger partial charge in [-0.2, -0.15) is 5.10 Å². The van der Waals surface area contributed by atoms with Gasteiger partial charge in [-0.1, -0.05) is 30.7 Å². The molecule has 3 heterocycles. The van der Waals surface area contributed by atoms with Gasteiger partial charge in [-0.05, 0) is 67.5 Å². The molecular formula is C28H37N5O2. The highest BCUT2D eigenvalue weighted by molar-refractivity contribution is 6.02. The summed E-state index contributed by atoms with van der Waals surface area (Å²) in [6, 6.07) is 16.7. The average molecular weight is 476 g/mol. The molecule has 0 aliphatic carbocycles. The molecule has 2 atom stereocenters. The SMILES string of the molecule is COc1ccc([C@@H]2CC(c3ccc(NC(C(=O)N4CCCCC4)N4CCCCC4)cc3)=NN2)cc1. The molecule has 0 radical (unpaired) electrons. The van der Waals surface area contributed by atoms with Crippen LogP contribution in [0.1, 0.15) is 62.1 Å². The van der Waals surface area contributed by atoms with E-state index in [1.165, 1.54) is 18.4 Å². The summed E-state index contributed by atoms with van der Waals surface area (Å²) < 4.78 is 5.27. The van der Waals surface area contributed by atoms with Crippen LogP contribution in [0.4, 0.5) is 5.69 Å². The molecule has 1 unspecified atom stereocenters. The molecule has 0 bridgehead atoms. The Morgan fingerprint density at radius 2 is 1.60 bits per heavy atom. The van der Waals surface area contributed by atoms with E-state index in [1.807, 2.05) is 12.1 Å². The van der Waals surface area contributed by atoms with Crippen molar-refractivity contribution in [3.63, 3.8) is 0 Å². The lowest BCUT2D eigenvalue weighted by Crippen LogP contribution is -2.55. The Bertz CT molecular complexity index is 1010. The van der Waals surface area contributed by atoms with Crippen LogP contribution in [0.15, 0.2) is 53.6 Å². The molecule has 0 spiro atoms. The fraction of sp³-hybridized carbons (Fsp3) is 0.500. The van der Waals surface area contributed by atoms with Crippen molar-refractivity contribution >= 4 is 17.3 Å². The molecule has 35 heavy (non-hydrogen) atoms. The molecule has 2 fully saturated rings. The van der Waals surface area contributed by atoms with Crippen LogP contribution >= 0.6 is 0 Å². The number of hydrogen-bond donors (Lipinski definition) is 2. The normalized spacial score (nSPS) is 21.7. The zero-order valence-corrected chi connectivity index (χ0v) is 20.7. The lowest BCUT2D eigenvalue weighted by molar-refractivity contribution is -0.137. The van der Waals surface area contributed by atoms with Gasteiger partial charge >= 0.3 is 0 Å². The first-order chi connectivity index (χ1) is 17.2. The number of anilines is 1. The molecule has 0 saturated carbocycles. The van der Waals surface area contributed by atoms with Crippen molar-refractivity contribution in [2.75, 3.05) is 38.6 Å². The van der Waals surface area contributed by atoms with Crippen molar-refractivity contribution in [1.82, 2.24) is 15.2 Å². The Morgan fingerprint density at radius 1 is 0.943 bits per heavy atom. The highest BCUT2D eigenvalue weighted by atomic mass is 16.5. The molecule has 2 N–H and O–H groups in total. The van der Waals surface area contributed by atoms with Crippen LogP contribution < -0.4 is 15.5 Å². The van der Waals surface area contributed by atoms with Gasteiger partial charge in [0, 0.05) is 38.3 Å². The van der Waals surface area contributed by atoms with Crippen molar-refractivity contribution in [1.29, 1.82) is 0 Å². The number of carbonyl (C=O) groups is 1. The van der Waals surface area contributed by atoms with Gasteiger partial charge in [0.05, 0.1) is 18.9 Å². The van der Waals surface area contributed by atoms with Gasteiger partial charge in [-0.3, -0.25) is 9.69 Å². The highest BCUT2D eigenvalue weighted by Gasteiger charge is 2.31. The third kappa shape index (κ3) is 5.61. The number of hydrazone groups is 1. The minimum atomic E-state index is -0.288. The quantitative estimate of drug-likeness (QED) is 0.622. The average Bonchev–Trinajstić information content (AvgIpc) is 3.43. The Labute approximate surface area is 208 Å². The van der Waals surface area contributed by atoms with E-state index in [9.17, 15) is 4.79 Å². The largest absolute Gasteiger partial charge is 0.497 e. The number of benzene rings is 2. The summed E-state index contributed by atoms with van der Waals surface area (Å²) in [5, 5.41) is 8.18. The maximum absolute atomic E-state index is 13.5. The van der Waals surface area contributed by atoms with E-state index in [1.54, 1.807) is 7.11 Å². The summed E-state index contributed by atoms with van der Waals surface area (Å²) in [7, 11) is 1.68. The fourth-order valence-corrected chi connectivity index (χ4v) is 5.34. The molecule has 3 aliphatic heterocycles. The summed E-state index contributed by atoms with van der Waals surface area (Å²) in [5.74, 6) is 1.08. The molecule has 3 aliphatic rings. The summed E-state index contributed by atoms with van der Waals surface area (Å²) in [6.45, 7) is 3.72. The number of nitrogens with one attached hydrogen (secondary N) is 2. The van der Waals surface area contributed by atoms with Gasteiger partial charge in [0.25, 0.3) is 5.91 Å². The number of piperidine rings is 2. The van der Waals surface area contributed by atoms with Crippen LogP contribution in [0.5, 0.6) is 5.75 Å². The van der Waals surface area contributed by atoms with Gasteiger partial charge in [0.2, 0.25) is 0 Å². The summed E-state index contributed by atoms with van der Waals surface area (Å²) >= 11 is 0. The molecular weight excluding hydrogens is 438 g/mol. The predicted octanol–water partition coefficient (Wildman–Crippen LogP) is 4.37. The fourth-order valence-electron chi connectivity index (χ4n) is 5.34. The second-order valence-electron chi connectivity index (χ2n) is 9.82. The van der Waals surface area contributed by atoms with Crippen molar-refractivity contribution in [2.24, 2.45) is 5.10 Å². The van der Waals surface area contributed by atoms with Gasteiger partial charge < -0.3 is 20.4 Å². The number of ether oxygens (including phenoxy) is 1. The van der Waals surface area contributed by atoms with Crippen LogP contribution in [-0.4, -0.2) is 60.9 Å². The topological polar surface area (TPSA) is 69.2 Å². The number of methoxy groups -OCH3 is 1. The second kappa shape index (κ2) is 11.1. The molecule has 1 amide bonds. The van der Waals surface area contributed by atoms with Crippen LogP contribution in [0.25, 0.3) is 0 Å². The van der Waals surface area contributed by atoms with Gasteiger partial charge in [0.1, 0.15) is 5.75 Å². The van der Waals surface area contributed by atoms with Gasteiger partial charge in [-0.15, -0.1) is 0 Å². The smallest absolute Gasteiger partial charge is 0.260 e. The molecule has 7 nitrogen and oxygen atoms in total. The van der Waals surface area contributed by atoms with Crippen molar-refractivity contribution in [3.05, 3.63) is 59.7 Å². The Hall–Kier alpha value is -3.06. The van der Waals surface area contributed by atoms with Crippen LogP contribution in [-0.2, 0) is 4.79 Å². The molecule has 2 aromatic carbocycles. The molecule has 186 valence electrons. The van der Waals surface area contributed by atoms with E-state index in [0.717, 1.165) is 81.0 Å². The van der Waals surface area contributed by atoms with Gasteiger partial charge in [-0.25, -0.2) is 0 Å². The van der Waals surface area contributed by atoms with Gasteiger partial charge in [0.15, 0.2) is 6.17 Å². The lowest BCUT2D eigenvalue weighted by Gasteiger charge is -2.38. The number of rotatable bonds is 7. The molecule has 7 heteroatoms.